The molecule has 3 heterocycles. The number of aromatic nitrogens is 3. The van der Waals surface area contributed by atoms with Gasteiger partial charge in [0.05, 0.1) is 17.0 Å². The molecule has 26 heavy (non-hydrogen) atoms. The van der Waals surface area contributed by atoms with Gasteiger partial charge in [0, 0.05) is 24.3 Å². The normalized spacial score (nSPS) is 16.2. The van der Waals surface area contributed by atoms with Gasteiger partial charge in [-0.2, -0.15) is 10.4 Å². The molecule has 0 saturated carbocycles. The van der Waals surface area contributed by atoms with Crippen LogP contribution >= 0.6 is 0 Å². The Labute approximate surface area is 155 Å². The number of pyridine rings is 1. The van der Waals surface area contributed by atoms with Crippen molar-refractivity contribution in [2.75, 3.05) is 18.8 Å². The Hall–Kier alpha value is -2.39. The second-order valence-electron chi connectivity index (χ2n) is 7.54. The molecule has 3 rings (SSSR count). The van der Waals surface area contributed by atoms with Crippen LogP contribution in [0.2, 0.25) is 0 Å². The standard InChI is InChI=1S/C20H28N6/c1-12(2)26-8-6-15(7-9-26)16-10-18(23-20(22)17(16)11-21)19-13(3)24-25(5)14(19)4/h10,12,15H,6-9H2,1-5H3,(H2,22,23). The van der Waals surface area contributed by atoms with Crippen molar-refractivity contribution in [3.63, 3.8) is 0 Å². The Balaban J connectivity index is 2.03. The van der Waals surface area contributed by atoms with Gasteiger partial charge >= 0.3 is 0 Å². The quantitative estimate of drug-likeness (QED) is 0.917. The molecule has 0 spiro atoms. The Morgan fingerprint density at radius 1 is 1.27 bits per heavy atom. The van der Waals surface area contributed by atoms with Crippen LogP contribution < -0.4 is 5.73 Å². The third kappa shape index (κ3) is 3.19. The summed E-state index contributed by atoms with van der Waals surface area (Å²) >= 11 is 0. The highest BCUT2D eigenvalue weighted by Crippen LogP contribution is 2.36. The molecule has 2 N–H and O–H groups in total. The lowest BCUT2D eigenvalue weighted by molar-refractivity contribution is 0.172. The second kappa shape index (κ2) is 7.08. The highest BCUT2D eigenvalue weighted by atomic mass is 15.3. The minimum atomic E-state index is 0.328. The maximum atomic E-state index is 9.65. The number of nitrogens with two attached hydrogens (primary N) is 1. The van der Waals surface area contributed by atoms with E-state index in [0.29, 0.717) is 23.3 Å². The van der Waals surface area contributed by atoms with Gasteiger partial charge < -0.3 is 10.6 Å². The molecule has 2 aromatic rings. The lowest BCUT2D eigenvalue weighted by Gasteiger charge is -2.35. The van der Waals surface area contributed by atoms with Gasteiger partial charge in [0.1, 0.15) is 11.9 Å². The summed E-state index contributed by atoms with van der Waals surface area (Å²) in [7, 11) is 1.93. The predicted octanol–water partition coefficient (Wildman–Crippen LogP) is 3.14. The highest BCUT2D eigenvalue weighted by Gasteiger charge is 2.26. The van der Waals surface area contributed by atoms with Crippen molar-refractivity contribution in [1.82, 2.24) is 19.7 Å². The average Bonchev–Trinajstić information content (AvgIpc) is 2.86. The predicted molar refractivity (Wildman–Crippen MR) is 104 cm³/mol. The fourth-order valence-corrected chi connectivity index (χ4v) is 4.03. The third-order valence-electron chi connectivity index (χ3n) is 5.65. The topological polar surface area (TPSA) is 83.8 Å². The Morgan fingerprint density at radius 2 is 1.92 bits per heavy atom. The molecule has 1 aliphatic rings. The van der Waals surface area contributed by atoms with Gasteiger partial charge in [-0.1, -0.05) is 0 Å². The van der Waals surface area contributed by atoms with Crippen molar-refractivity contribution in [1.29, 1.82) is 5.26 Å². The van der Waals surface area contributed by atoms with Gasteiger partial charge in [-0.3, -0.25) is 4.68 Å². The molecule has 0 aliphatic carbocycles. The molecule has 2 aromatic heterocycles. The first-order chi connectivity index (χ1) is 12.3. The summed E-state index contributed by atoms with van der Waals surface area (Å²) in [6, 6.07) is 4.92. The van der Waals surface area contributed by atoms with E-state index in [9.17, 15) is 5.26 Å². The first kappa shape index (κ1) is 18.4. The molecule has 6 nitrogen and oxygen atoms in total. The number of piperidine rings is 1. The zero-order chi connectivity index (χ0) is 19.0. The molecule has 1 saturated heterocycles. The molecule has 138 valence electrons. The summed E-state index contributed by atoms with van der Waals surface area (Å²) in [6.45, 7) is 10.6. The number of nitriles is 1. The van der Waals surface area contributed by atoms with E-state index < -0.39 is 0 Å². The van der Waals surface area contributed by atoms with E-state index in [1.807, 2.05) is 25.6 Å². The van der Waals surface area contributed by atoms with Crippen molar-refractivity contribution in [3.05, 3.63) is 28.6 Å². The van der Waals surface area contributed by atoms with E-state index in [1.54, 1.807) is 0 Å². The number of likely N-dealkylation sites (tertiary alicyclic amines) is 1. The molecule has 0 bridgehead atoms. The second-order valence-corrected chi connectivity index (χ2v) is 7.54. The van der Waals surface area contributed by atoms with Crippen molar-refractivity contribution in [2.24, 2.45) is 7.05 Å². The fourth-order valence-electron chi connectivity index (χ4n) is 4.03. The zero-order valence-corrected chi connectivity index (χ0v) is 16.4. The number of hydrogen-bond donors (Lipinski definition) is 1. The molecule has 1 fully saturated rings. The summed E-state index contributed by atoms with van der Waals surface area (Å²) in [5.74, 6) is 0.676. The minimum Gasteiger partial charge on any atom is -0.383 e. The van der Waals surface area contributed by atoms with E-state index in [0.717, 1.165) is 54.1 Å². The molecule has 0 unspecified atom stereocenters. The summed E-state index contributed by atoms with van der Waals surface area (Å²) in [5, 5.41) is 14.1. The van der Waals surface area contributed by atoms with Gasteiger partial charge in [-0.25, -0.2) is 4.98 Å². The number of anilines is 1. The molecule has 0 radical (unpaired) electrons. The lowest BCUT2D eigenvalue weighted by atomic mass is 9.85. The lowest BCUT2D eigenvalue weighted by Crippen LogP contribution is -2.38. The Bertz CT molecular complexity index is 850. The average molecular weight is 352 g/mol. The van der Waals surface area contributed by atoms with Gasteiger partial charge in [0.2, 0.25) is 0 Å². The first-order valence-electron chi connectivity index (χ1n) is 9.28. The SMILES string of the molecule is Cc1nn(C)c(C)c1-c1cc(C2CCN(C(C)C)CC2)c(C#N)c(N)n1. The van der Waals surface area contributed by atoms with E-state index in [2.05, 4.69) is 41.0 Å². The van der Waals surface area contributed by atoms with E-state index in [1.165, 1.54) is 0 Å². The van der Waals surface area contributed by atoms with Crippen LogP contribution in [0.4, 0.5) is 5.82 Å². The highest BCUT2D eigenvalue weighted by molar-refractivity contribution is 5.70. The smallest absolute Gasteiger partial charge is 0.142 e. The van der Waals surface area contributed by atoms with Crippen LogP contribution in [-0.2, 0) is 7.05 Å². The summed E-state index contributed by atoms with van der Waals surface area (Å²) in [4.78, 5) is 7.03. The molecule has 6 heteroatoms. The first-order valence-corrected chi connectivity index (χ1v) is 9.28. The van der Waals surface area contributed by atoms with Gasteiger partial charge in [0.15, 0.2) is 0 Å². The monoisotopic (exact) mass is 352 g/mol. The van der Waals surface area contributed by atoms with Crippen molar-refractivity contribution >= 4 is 5.82 Å². The molecule has 1 aliphatic heterocycles. The van der Waals surface area contributed by atoms with E-state index in [-0.39, 0.29) is 0 Å². The van der Waals surface area contributed by atoms with Crippen LogP contribution in [0.1, 0.15) is 55.1 Å². The van der Waals surface area contributed by atoms with Gasteiger partial charge in [-0.15, -0.1) is 0 Å². The van der Waals surface area contributed by atoms with E-state index in [4.69, 9.17) is 5.73 Å². The van der Waals surface area contributed by atoms with Gasteiger partial charge in [0.25, 0.3) is 0 Å². The van der Waals surface area contributed by atoms with Gasteiger partial charge in [-0.05, 0) is 71.2 Å². The van der Waals surface area contributed by atoms with Crippen LogP contribution in [0, 0.1) is 25.2 Å². The van der Waals surface area contributed by atoms with Crippen LogP contribution in [0.25, 0.3) is 11.3 Å². The number of hydrogen-bond acceptors (Lipinski definition) is 5. The molecular formula is C20H28N6. The molecule has 0 amide bonds. The Kier molecular flexibility index (Phi) is 5.01. The molecule has 0 atom stereocenters. The largest absolute Gasteiger partial charge is 0.383 e. The van der Waals surface area contributed by atoms with Crippen molar-refractivity contribution in [2.45, 2.75) is 52.5 Å². The molecular weight excluding hydrogens is 324 g/mol. The zero-order valence-electron chi connectivity index (χ0n) is 16.4. The van der Waals surface area contributed by atoms with E-state index >= 15 is 0 Å². The maximum absolute atomic E-state index is 9.65. The Morgan fingerprint density at radius 3 is 2.42 bits per heavy atom. The number of nitrogens with zero attached hydrogens (tertiary/aromatic N) is 5. The van der Waals surface area contributed by atoms with Crippen LogP contribution in [0.3, 0.4) is 0 Å². The summed E-state index contributed by atoms with van der Waals surface area (Å²) in [5.41, 5.74) is 11.6. The summed E-state index contributed by atoms with van der Waals surface area (Å²) < 4.78 is 1.86. The summed E-state index contributed by atoms with van der Waals surface area (Å²) in [6.07, 6.45) is 2.08. The van der Waals surface area contributed by atoms with Crippen LogP contribution in [-0.4, -0.2) is 38.8 Å². The molecule has 0 aromatic carbocycles. The minimum absolute atomic E-state index is 0.328. The van der Waals surface area contributed by atoms with Crippen molar-refractivity contribution in [3.8, 4) is 17.3 Å². The fraction of sp³-hybridized carbons (Fsp3) is 0.550. The van der Waals surface area contributed by atoms with Crippen LogP contribution in [0.15, 0.2) is 6.07 Å². The number of rotatable bonds is 3. The van der Waals surface area contributed by atoms with Crippen molar-refractivity contribution < 1.29 is 0 Å². The third-order valence-corrected chi connectivity index (χ3v) is 5.65. The number of aryl methyl sites for hydroxylation is 2. The number of nitrogen functional groups attached to an aromatic ring is 1. The van der Waals surface area contributed by atoms with Crippen LogP contribution in [0.5, 0.6) is 0 Å². The maximum Gasteiger partial charge on any atom is 0.142 e.